The summed E-state index contributed by atoms with van der Waals surface area (Å²) in [6.07, 6.45) is 8.08. The van der Waals surface area contributed by atoms with Crippen LogP contribution < -0.4 is 5.32 Å². The molecule has 3 heteroatoms. The lowest BCUT2D eigenvalue weighted by Gasteiger charge is -2.26. The minimum Gasteiger partial charge on any atom is -0.468 e. The van der Waals surface area contributed by atoms with Crippen LogP contribution in [0, 0.1) is 0 Å². The van der Waals surface area contributed by atoms with Gasteiger partial charge in [-0.3, -0.25) is 0 Å². The highest BCUT2D eigenvalue weighted by Gasteiger charge is 2.24. The van der Waals surface area contributed by atoms with Crippen molar-refractivity contribution in [1.82, 2.24) is 5.32 Å². The van der Waals surface area contributed by atoms with Crippen molar-refractivity contribution in [1.29, 1.82) is 0 Å². The highest BCUT2D eigenvalue weighted by atomic mass is 16.3. The molecule has 1 aliphatic rings. The van der Waals surface area contributed by atoms with Gasteiger partial charge in [-0.25, -0.2) is 0 Å². The van der Waals surface area contributed by atoms with Crippen LogP contribution in [-0.4, -0.2) is 17.3 Å². The van der Waals surface area contributed by atoms with E-state index in [-0.39, 0.29) is 18.2 Å². The van der Waals surface area contributed by atoms with Crippen LogP contribution in [0.1, 0.15) is 57.3 Å². The number of aliphatic hydroxyl groups excluding tert-OH is 1. The van der Waals surface area contributed by atoms with Crippen molar-refractivity contribution in [3.05, 3.63) is 24.2 Å². The maximum atomic E-state index is 10.1. The molecule has 1 saturated carbocycles. The Bertz CT molecular complexity index is 310. The predicted octanol–water partition coefficient (Wildman–Crippen LogP) is 3.01. The molecule has 0 bridgehead atoms. The Morgan fingerprint density at radius 2 is 2.24 bits per heavy atom. The molecule has 1 aromatic heterocycles. The quantitative estimate of drug-likeness (QED) is 0.791. The highest BCUT2D eigenvalue weighted by Crippen LogP contribution is 2.23. The zero-order chi connectivity index (χ0) is 12.1. The highest BCUT2D eigenvalue weighted by molar-refractivity contribution is 5.04. The Kier molecular flexibility index (Phi) is 4.63. The molecule has 3 atom stereocenters. The molecule has 2 N–H and O–H groups in total. The van der Waals surface area contributed by atoms with Gasteiger partial charge < -0.3 is 14.8 Å². The van der Waals surface area contributed by atoms with Gasteiger partial charge in [-0.2, -0.15) is 0 Å². The molecular formula is C14H23NO2. The van der Waals surface area contributed by atoms with E-state index in [0.717, 1.165) is 31.4 Å². The normalized spacial score (nSPS) is 27.6. The van der Waals surface area contributed by atoms with Crippen LogP contribution >= 0.6 is 0 Å². The van der Waals surface area contributed by atoms with E-state index in [1.807, 2.05) is 12.1 Å². The van der Waals surface area contributed by atoms with Crippen molar-refractivity contribution in [3.63, 3.8) is 0 Å². The summed E-state index contributed by atoms with van der Waals surface area (Å²) in [6.45, 7) is 2.14. The first-order valence-electron chi connectivity index (χ1n) is 6.78. The number of furan rings is 1. The lowest BCUT2D eigenvalue weighted by atomic mass is 10.0. The average molecular weight is 237 g/mol. The van der Waals surface area contributed by atoms with E-state index in [2.05, 4.69) is 12.2 Å². The molecule has 0 saturated heterocycles. The first-order valence-corrected chi connectivity index (χ1v) is 6.78. The minimum absolute atomic E-state index is 0.207. The predicted molar refractivity (Wildman–Crippen MR) is 67.8 cm³/mol. The van der Waals surface area contributed by atoms with Gasteiger partial charge in [-0.05, 0) is 31.4 Å². The fourth-order valence-electron chi connectivity index (χ4n) is 2.63. The summed E-state index contributed by atoms with van der Waals surface area (Å²) in [5.41, 5.74) is 0. The van der Waals surface area contributed by atoms with Crippen molar-refractivity contribution < 1.29 is 9.52 Å². The second-order valence-electron chi connectivity index (χ2n) is 4.95. The molecule has 96 valence electrons. The van der Waals surface area contributed by atoms with Gasteiger partial charge in [0, 0.05) is 6.04 Å². The molecule has 3 nitrogen and oxygen atoms in total. The van der Waals surface area contributed by atoms with E-state index in [1.54, 1.807) is 6.26 Å². The maximum absolute atomic E-state index is 10.1. The summed E-state index contributed by atoms with van der Waals surface area (Å²) in [4.78, 5) is 0. The van der Waals surface area contributed by atoms with Gasteiger partial charge in [0.05, 0.1) is 18.4 Å². The van der Waals surface area contributed by atoms with Gasteiger partial charge in [0.25, 0.3) is 0 Å². The number of hydrogen-bond acceptors (Lipinski definition) is 3. The fraction of sp³-hybridized carbons (Fsp3) is 0.714. The molecular weight excluding hydrogens is 214 g/mol. The Labute approximate surface area is 103 Å². The number of hydrogen-bond donors (Lipinski definition) is 2. The van der Waals surface area contributed by atoms with E-state index < -0.39 is 0 Å². The summed E-state index contributed by atoms with van der Waals surface area (Å²) in [7, 11) is 0. The molecule has 0 amide bonds. The zero-order valence-corrected chi connectivity index (χ0v) is 10.6. The van der Waals surface area contributed by atoms with Crippen LogP contribution in [0.15, 0.2) is 22.8 Å². The largest absolute Gasteiger partial charge is 0.468 e. The summed E-state index contributed by atoms with van der Waals surface area (Å²) >= 11 is 0. The standard InChI is InChI=1S/C14H23NO2/c1-2-11(14-9-6-10-17-14)15-12-7-4-3-5-8-13(12)16/h6,9-13,15-16H,2-5,7-8H2,1H3. The molecule has 1 aromatic rings. The van der Waals surface area contributed by atoms with E-state index in [9.17, 15) is 5.11 Å². The van der Waals surface area contributed by atoms with E-state index in [4.69, 9.17) is 4.42 Å². The molecule has 17 heavy (non-hydrogen) atoms. The molecule has 0 spiro atoms. The van der Waals surface area contributed by atoms with Crippen molar-refractivity contribution in [3.8, 4) is 0 Å². The van der Waals surface area contributed by atoms with Crippen LogP contribution in [0.2, 0.25) is 0 Å². The van der Waals surface area contributed by atoms with E-state index in [1.165, 1.54) is 12.8 Å². The Morgan fingerprint density at radius 3 is 2.94 bits per heavy atom. The van der Waals surface area contributed by atoms with Crippen LogP contribution in [0.5, 0.6) is 0 Å². The molecule has 0 aromatic carbocycles. The summed E-state index contributed by atoms with van der Waals surface area (Å²) in [5.74, 6) is 0.976. The summed E-state index contributed by atoms with van der Waals surface area (Å²) < 4.78 is 5.45. The summed E-state index contributed by atoms with van der Waals surface area (Å²) in [6, 6.07) is 4.36. The maximum Gasteiger partial charge on any atom is 0.120 e. The van der Waals surface area contributed by atoms with Gasteiger partial charge in [0.1, 0.15) is 5.76 Å². The average Bonchev–Trinajstić information content (AvgIpc) is 2.79. The minimum atomic E-state index is -0.207. The van der Waals surface area contributed by atoms with Crippen LogP contribution in [-0.2, 0) is 0 Å². The van der Waals surface area contributed by atoms with E-state index >= 15 is 0 Å². The van der Waals surface area contributed by atoms with Gasteiger partial charge in [0.15, 0.2) is 0 Å². The van der Waals surface area contributed by atoms with Gasteiger partial charge in [-0.15, -0.1) is 0 Å². The molecule has 1 aliphatic carbocycles. The van der Waals surface area contributed by atoms with Gasteiger partial charge >= 0.3 is 0 Å². The Balaban J connectivity index is 1.97. The second kappa shape index (κ2) is 6.22. The number of nitrogens with one attached hydrogen (secondary N) is 1. The van der Waals surface area contributed by atoms with Crippen molar-refractivity contribution in [2.24, 2.45) is 0 Å². The van der Waals surface area contributed by atoms with Crippen molar-refractivity contribution in [2.75, 3.05) is 0 Å². The first kappa shape index (κ1) is 12.7. The first-order chi connectivity index (χ1) is 8.31. The van der Waals surface area contributed by atoms with Crippen molar-refractivity contribution >= 4 is 0 Å². The molecule has 0 aliphatic heterocycles. The molecule has 3 unspecified atom stereocenters. The third-order valence-electron chi connectivity index (χ3n) is 3.69. The summed E-state index contributed by atoms with van der Waals surface area (Å²) in [5, 5.41) is 13.7. The van der Waals surface area contributed by atoms with E-state index in [0.29, 0.717) is 0 Å². The smallest absolute Gasteiger partial charge is 0.120 e. The third kappa shape index (κ3) is 3.33. The SMILES string of the molecule is CCC(NC1CCCCCC1O)c1ccco1. The monoisotopic (exact) mass is 237 g/mol. The topological polar surface area (TPSA) is 45.4 Å². The zero-order valence-electron chi connectivity index (χ0n) is 10.6. The second-order valence-corrected chi connectivity index (χ2v) is 4.95. The van der Waals surface area contributed by atoms with Gasteiger partial charge in [-0.1, -0.05) is 26.2 Å². The fourth-order valence-corrected chi connectivity index (χ4v) is 2.63. The van der Waals surface area contributed by atoms with Gasteiger partial charge in [0.2, 0.25) is 0 Å². The van der Waals surface area contributed by atoms with Crippen LogP contribution in [0.25, 0.3) is 0 Å². The van der Waals surface area contributed by atoms with Crippen LogP contribution in [0.4, 0.5) is 0 Å². The molecule has 1 heterocycles. The Hall–Kier alpha value is -0.800. The molecule has 2 rings (SSSR count). The molecule has 0 radical (unpaired) electrons. The molecule has 1 fully saturated rings. The third-order valence-corrected chi connectivity index (χ3v) is 3.69. The van der Waals surface area contributed by atoms with Crippen LogP contribution in [0.3, 0.4) is 0 Å². The van der Waals surface area contributed by atoms with Crippen molar-refractivity contribution in [2.45, 2.75) is 63.6 Å². The number of rotatable bonds is 4. The lowest BCUT2D eigenvalue weighted by Crippen LogP contribution is -2.41. The Morgan fingerprint density at radius 1 is 1.41 bits per heavy atom. The number of aliphatic hydroxyl groups is 1. The lowest BCUT2D eigenvalue weighted by molar-refractivity contribution is 0.111.